The van der Waals surface area contributed by atoms with E-state index in [2.05, 4.69) is 45.3 Å². The lowest BCUT2D eigenvalue weighted by Gasteiger charge is -2.37. The van der Waals surface area contributed by atoms with Gasteiger partial charge in [0.2, 0.25) is 11.8 Å². The summed E-state index contributed by atoms with van der Waals surface area (Å²) in [6.07, 6.45) is 6.24. The summed E-state index contributed by atoms with van der Waals surface area (Å²) in [5, 5.41) is 0. The zero-order chi connectivity index (χ0) is 35.9. The topological polar surface area (TPSA) is 140 Å². The fraction of sp³-hybridized carbons (Fsp3) is 0.447. The van der Waals surface area contributed by atoms with Crippen molar-refractivity contribution < 1.29 is 22.7 Å². The minimum atomic E-state index is -4.18. The molecule has 0 spiro atoms. The van der Waals surface area contributed by atoms with Crippen LogP contribution in [0.3, 0.4) is 0 Å². The fourth-order valence-electron chi connectivity index (χ4n) is 7.51. The molecule has 13 heteroatoms. The Labute approximate surface area is 299 Å². The molecule has 4 bridgehead atoms. The molecule has 12 nitrogen and oxygen atoms in total. The third-order valence-electron chi connectivity index (χ3n) is 9.87. The molecule has 0 aliphatic carbocycles. The van der Waals surface area contributed by atoms with Gasteiger partial charge in [-0.15, -0.1) is 0 Å². The van der Waals surface area contributed by atoms with Gasteiger partial charge < -0.3 is 19.3 Å². The molecule has 51 heavy (non-hydrogen) atoms. The molecule has 268 valence electrons. The van der Waals surface area contributed by atoms with Crippen LogP contribution in [-0.4, -0.2) is 77.6 Å². The van der Waals surface area contributed by atoms with Crippen molar-refractivity contribution in [2.24, 2.45) is 11.3 Å². The largest absolute Gasteiger partial charge is 0.475 e. The van der Waals surface area contributed by atoms with Gasteiger partial charge in [-0.25, -0.2) is 23.1 Å². The molecular formula is C38H45N7O5S. The Bertz CT molecular complexity index is 2030. The van der Waals surface area contributed by atoms with Crippen molar-refractivity contribution in [3.05, 3.63) is 83.3 Å². The van der Waals surface area contributed by atoms with Crippen LogP contribution < -0.4 is 14.4 Å². The van der Waals surface area contributed by atoms with Gasteiger partial charge in [-0.2, -0.15) is 4.98 Å². The summed E-state index contributed by atoms with van der Waals surface area (Å²) in [6.45, 7) is 12.8. The number of aryl methyl sites for hydroxylation is 2. The molecule has 0 saturated carbocycles. The third kappa shape index (κ3) is 7.55. The van der Waals surface area contributed by atoms with Crippen LogP contribution in [-0.2, 0) is 21.3 Å². The minimum absolute atomic E-state index is 0.0799. The van der Waals surface area contributed by atoms with Gasteiger partial charge in [0, 0.05) is 29.7 Å². The number of carbonyl (C=O) groups is 1. The summed E-state index contributed by atoms with van der Waals surface area (Å²) < 4.78 is 42.3. The Morgan fingerprint density at radius 3 is 2.53 bits per heavy atom. The summed E-state index contributed by atoms with van der Waals surface area (Å²) in [6, 6.07) is 13.5. The van der Waals surface area contributed by atoms with Gasteiger partial charge in [-0.3, -0.25) is 9.78 Å². The van der Waals surface area contributed by atoms with Crippen LogP contribution in [0.1, 0.15) is 67.2 Å². The first-order valence-electron chi connectivity index (χ1n) is 17.5. The van der Waals surface area contributed by atoms with Crippen LogP contribution in [0.15, 0.2) is 65.8 Å². The second kappa shape index (κ2) is 13.8. The highest BCUT2D eigenvalue weighted by Crippen LogP contribution is 2.34. The average Bonchev–Trinajstić information content (AvgIpc) is 3.57. The SMILES string of the molecule is Cc1cccc(C)c1-c1cc2nc(n1)NS(=O)(=O)c1cccc(c1)C(=O)N(Cc1cncc(N3CCC[C@@H]4COC[C@@H]43)n1)[C@H](CC(C)(C)C)CO2. The van der Waals surface area contributed by atoms with E-state index in [-0.39, 0.29) is 52.8 Å². The van der Waals surface area contributed by atoms with E-state index in [4.69, 9.17) is 14.5 Å². The number of nitrogens with zero attached hydrogens (tertiary/aromatic N) is 6. The lowest BCUT2D eigenvalue weighted by Crippen LogP contribution is -2.46. The van der Waals surface area contributed by atoms with Gasteiger partial charge >= 0.3 is 0 Å². The first kappa shape index (κ1) is 34.8. The van der Waals surface area contributed by atoms with Gasteiger partial charge in [0.1, 0.15) is 12.4 Å². The minimum Gasteiger partial charge on any atom is -0.475 e. The molecule has 2 aromatic heterocycles. The number of benzene rings is 2. The molecule has 2 saturated heterocycles. The monoisotopic (exact) mass is 711 g/mol. The first-order chi connectivity index (χ1) is 24.3. The maximum Gasteiger partial charge on any atom is 0.264 e. The van der Waals surface area contributed by atoms with Gasteiger partial charge in [0.25, 0.3) is 15.9 Å². The molecule has 2 fully saturated rings. The number of nitrogens with one attached hydrogen (secondary N) is 1. The first-order valence-corrected chi connectivity index (χ1v) is 19.0. The number of piperidine rings is 1. The summed E-state index contributed by atoms with van der Waals surface area (Å²) in [5.74, 6) is 0.964. The van der Waals surface area contributed by atoms with Crippen LogP contribution in [0.25, 0.3) is 11.3 Å². The van der Waals surface area contributed by atoms with Crippen molar-refractivity contribution in [1.29, 1.82) is 0 Å². The van der Waals surface area contributed by atoms with E-state index < -0.39 is 16.1 Å². The van der Waals surface area contributed by atoms with Crippen molar-refractivity contribution in [3.8, 4) is 17.1 Å². The van der Waals surface area contributed by atoms with Crippen LogP contribution in [0.2, 0.25) is 0 Å². The molecule has 5 heterocycles. The maximum atomic E-state index is 14.6. The number of hydrogen-bond donors (Lipinski definition) is 1. The van der Waals surface area contributed by atoms with E-state index in [0.717, 1.165) is 48.5 Å². The number of fused-ring (bicyclic) bond motifs is 5. The maximum absolute atomic E-state index is 14.6. The van der Waals surface area contributed by atoms with Crippen molar-refractivity contribution in [2.75, 3.05) is 36.0 Å². The van der Waals surface area contributed by atoms with Gasteiger partial charge in [-0.1, -0.05) is 45.0 Å². The predicted molar refractivity (Wildman–Crippen MR) is 194 cm³/mol. The summed E-state index contributed by atoms with van der Waals surface area (Å²) in [5.41, 5.74) is 3.99. The molecule has 1 amide bonds. The highest BCUT2D eigenvalue weighted by molar-refractivity contribution is 7.92. The van der Waals surface area contributed by atoms with E-state index >= 15 is 0 Å². The second-order valence-electron chi connectivity index (χ2n) is 15.0. The zero-order valence-electron chi connectivity index (χ0n) is 29.8. The zero-order valence-corrected chi connectivity index (χ0v) is 30.6. The van der Waals surface area contributed by atoms with E-state index in [0.29, 0.717) is 30.3 Å². The Hall–Kier alpha value is -4.62. The quantitative estimate of drug-likeness (QED) is 0.270. The molecule has 3 aliphatic rings. The number of hydrogen-bond acceptors (Lipinski definition) is 10. The summed E-state index contributed by atoms with van der Waals surface area (Å²) in [7, 11) is -4.18. The van der Waals surface area contributed by atoms with E-state index in [1.807, 2.05) is 32.0 Å². The highest BCUT2D eigenvalue weighted by Gasteiger charge is 2.37. The van der Waals surface area contributed by atoms with Gasteiger partial charge in [0.05, 0.1) is 60.5 Å². The number of rotatable bonds is 5. The fourth-order valence-corrected chi connectivity index (χ4v) is 8.50. The van der Waals surface area contributed by atoms with Crippen molar-refractivity contribution in [2.45, 2.75) is 77.4 Å². The van der Waals surface area contributed by atoms with E-state index in [1.165, 1.54) is 12.1 Å². The number of sulfonamides is 1. The molecule has 4 aromatic rings. The number of anilines is 2. The third-order valence-corrected chi connectivity index (χ3v) is 11.2. The molecule has 3 atom stereocenters. The lowest BCUT2D eigenvalue weighted by molar-refractivity contribution is 0.0509. The number of ether oxygens (including phenoxy) is 2. The Morgan fingerprint density at radius 2 is 1.75 bits per heavy atom. The Kier molecular flexibility index (Phi) is 9.44. The van der Waals surface area contributed by atoms with Gasteiger partial charge in [0.15, 0.2) is 0 Å². The number of amides is 1. The van der Waals surface area contributed by atoms with E-state index in [9.17, 15) is 13.2 Å². The normalized spacial score (nSPS) is 21.8. The van der Waals surface area contributed by atoms with Gasteiger partial charge in [-0.05, 0) is 67.9 Å². The second-order valence-corrected chi connectivity index (χ2v) is 16.7. The molecule has 1 N–H and O–H groups in total. The predicted octanol–water partition coefficient (Wildman–Crippen LogP) is 5.81. The summed E-state index contributed by atoms with van der Waals surface area (Å²) >= 11 is 0. The van der Waals surface area contributed by atoms with Crippen LogP contribution >= 0.6 is 0 Å². The molecule has 2 aromatic carbocycles. The van der Waals surface area contributed by atoms with Crippen molar-refractivity contribution in [3.63, 3.8) is 0 Å². The number of carbonyl (C=O) groups excluding carboxylic acids is 1. The Balaban J connectivity index is 1.31. The standard InChI is InChI=1S/C38H45N7O5S/c1-24-9-6-10-25(2)35(24)31-16-34-42-37(41-31)43-51(47,48)30-13-7-11-26(15-30)36(46)45(29(22-50-34)17-38(3,4)5)20-28-18-39-19-33(40-28)44-14-8-12-27-21-49-23-32(27)44/h6-7,9-11,13,15-16,18-19,27,29,32H,8,12,14,17,20-23H2,1-5H3,(H,41,42,43)/t27-,29-,32+/m1/s1. The highest BCUT2D eigenvalue weighted by atomic mass is 32.2. The van der Waals surface area contributed by atoms with Crippen molar-refractivity contribution >= 4 is 27.7 Å². The molecule has 0 radical (unpaired) electrons. The Morgan fingerprint density at radius 1 is 0.961 bits per heavy atom. The average molecular weight is 712 g/mol. The molecule has 7 rings (SSSR count). The molecule has 3 aliphatic heterocycles. The van der Waals surface area contributed by atoms with Crippen LogP contribution in [0.4, 0.5) is 11.8 Å². The smallest absolute Gasteiger partial charge is 0.264 e. The lowest BCUT2D eigenvalue weighted by atomic mass is 9.87. The van der Waals surface area contributed by atoms with E-state index in [1.54, 1.807) is 35.5 Å². The number of aromatic nitrogens is 4. The van der Waals surface area contributed by atoms with Crippen LogP contribution in [0, 0.1) is 25.2 Å². The van der Waals surface area contributed by atoms with Crippen molar-refractivity contribution in [1.82, 2.24) is 24.8 Å². The summed E-state index contributed by atoms with van der Waals surface area (Å²) in [4.78, 5) is 37.3. The van der Waals surface area contributed by atoms with Crippen LogP contribution in [0.5, 0.6) is 5.88 Å². The molecular weight excluding hydrogens is 667 g/mol. The molecule has 0 unspecified atom stereocenters.